The molecule has 130 valence electrons. The number of hydrogen-bond donors (Lipinski definition) is 2. The minimum atomic E-state index is -0.751. The Labute approximate surface area is 148 Å². The first-order valence-electron chi connectivity index (χ1n) is 7.02. The topological polar surface area (TPSA) is 107 Å². The molecule has 0 radical (unpaired) electrons. The molecule has 2 amide bonds. The Kier molecular flexibility index (Phi) is 6.30. The molecule has 1 aromatic heterocycles. The zero-order valence-corrected chi connectivity index (χ0v) is 13.9. The fourth-order valence-corrected chi connectivity index (χ4v) is 1.95. The minimum Gasteiger partial charge on any atom is -0.496 e. The molecule has 25 heavy (non-hydrogen) atoms. The third-order valence-corrected chi connectivity index (χ3v) is 3.17. The van der Waals surface area contributed by atoms with Gasteiger partial charge in [0, 0.05) is 11.2 Å². The number of hydrazine groups is 1. The molecular weight excluding hydrogens is 350 g/mol. The Balaban J connectivity index is 1.85. The van der Waals surface area contributed by atoms with Gasteiger partial charge in [-0.2, -0.15) is 0 Å². The number of pyridine rings is 1. The number of carbonyl (C=O) groups excluding carboxylic acids is 3. The molecule has 2 rings (SSSR count). The fourth-order valence-electron chi connectivity index (χ4n) is 1.78. The van der Waals surface area contributed by atoms with Crippen molar-refractivity contribution in [1.29, 1.82) is 0 Å². The van der Waals surface area contributed by atoms with Gasteiger partial charge in [-0.05, 0) is 30.3 Å². The lowest BCUT2D eigenvalue weighted by Crippen LogP contribution is -2.43. The summed E-state index contributed by atoms with van der Waals surface area (Å²) < 4.78 is 9.83. The highest BCUT2D eigenvalue weighted by Gasteiger charge is 2.15. The van der Waals surface area contributed by atoms with Crippen molar-refractivity contribution in [3.63, 3.8) is 0 Å². The maximum Gasteiger partial charge on any atom is 0.357 e. The molecule has 0 saturated heterocycles. The standard InChI is InChI=1S/C16H14ClN3O5/c1-24-13-6-5-10(17)8-11(13)15(22)20-19-14(21)9-25-16(23)12-4-2-3-7-18-12/h2-8H,9H2,1H3,(H,19,21)(H,20,22). The molecule has 0 aliphatic rings. The van der Waals surface area contributed by atoms with Gasteiger partial charge in [0.25, 0.3) is 11.8 Å². The SMILES string of the molecule is COc1ccc(Cl)cc1C(=O)NNC(=O)COC(=O)c1ccccn1. The van der Waals surface area contributed by atoms with E-state index in [1.807, 2.05) is 0 Å². The second-order valence-electron chi connectivity index (χ2n) is 4.64. The van der Waals surface area contributed by atoms with Crippen LogP contribution < -0.4 is 15.6 Å². The smallest absolute Gasteiger partial charge is 0.357 e. The maximum atomic E-state index is 12.1. The second-order valence-corrected chi connectivity index (χ2v) is 5.07. The normalized spacial score (nSPS) is 9.84. The number of esters is 1. The molecule has 0 saturated carbocycles. The molecular formula is C16H14ClN3O5. The van der Waals surface area contributed by atoms with Crippen molar-refractivity contribution < 1.29 is 23.9 Å². The van der Waals surface area contributed by atoms with Gasteiger partial charge >= 0.3 is 5.97 Å². The van der Waals surface area contributed by atoms with E-state index in [2.05, 4.69) is 15.8 Å². The molecule has 1 heterocycles. The summed E-state index contributed by atoms with van der Waals surface area (Å²) in [6, 6.07) is 9.18. The number of methoxy groups -OCH3 is 1. The van der Waals surface area contributed by atoms with E-state index in [0.29, 0.717) is 5.02 Å². The highest BCUT2D eigenvalue weighted by atomic mass is 35.5. The number of halogens is 1. The Hall–Kier alpha value is -3.13. The largest absolute Gasteiger partial charge is 0.496 e. The average molecular weight is 364 g/mol. The first kappa shape index (κ1) is 18.2. The highest BCUT2D eigenvalue weighted by Crippen LogP contribution is 2.22. The van der Waals surface area contributed by atoms with Crippen LogP contribution in [-0.4, -0.2) is 36.5 Å². The maximum absolute atomic E-state index is 12.1. The van der Waals surface area contributed by atoms with E-state index >= 15 is 0 Å². The van der Waals surface area contributed by atoms with Crippen LogP contribution in [0.25, 0.3) is 0 Å². The summed E-state index contributed by atoms with van der Waals surface area (Å²) >= 11 is 5.84. The van der Waals surface area contributed by atoms with E-state index in [0.717, 1.165) is 0 Å². The Morgan fingerprint density at radius 2 is 1.96 bits per heavy atom. The molecule has 0 unspecified atom stereocenters. The Bertz CT molecular complexity index is 783. The molecule has 2 N–H and O–H groups in total. The summed E-state index contributed by atoms with van der Waals surface area (Å²) in [5.74, 6) is -1.82. The molecule has 8 nitrogen and oxygen atoms in total. The molecule has 0 atom stereocenters. The van der Waals surface area contributed by atoms with E-state index < -0.39 is 24.4 Å². The molecule has 9 heteroatoms. The first-order chi connectivity index (χ1) is 12.0. The van der Waals surface area contributed by atoms with E-state index in [1.54, 1.807) is 18.2 Å². The van der Waals surface area contributed by atoms with Crippen LogP contribution in [0, 0.1) is 0 Å². The molecule has 0 spiro atoms. The first-order valence-corrected chi connectivity index (χ1v) is 7.40. The Morgan fingerprint density at radius 3 is 2.64 bits per heavy atom. The summed E-state index contributed by atoms with van der Waals surface area (Å²) in [7, 11) is 1.40. The van der Waals surface area contributed by atoms with E-state index in [4.69, 9.17) is 21.1 Å². The molecule has 2 aromatic rings. The summed E-state index contributed by atoms with van der Waals surface area (Å²) in [6.07, 6.45) is 1.43. The van der Waals surface area contributed by atoms with Crippen LogP contribution >= 0.6 is 11.6 Å². The van der Waals surface area contributed by atoms with Crippen molar-refractivity contribution >= 4 is 29.4 Å². The summed E-state index contributed by atoms with van der Waals surface area (Å²) in [5.41, 5.74) is 4.52. The van der Waals surface area contributed by atoms with Crippen LogP contribution in [0.1, 0.15) is 20.8 Å². The third kappa shape index (κ3) is 5.18. The lowest BCUT2D eigenvalue weighted by molar-refractivity contribution is -0.125. The zero-order valence-electron chi connectivity index (χ0n) is 13.1. The van der Waals surface area contributed by atoms with Crippen molar-refractivity contribution in [3.05, 3.63) is 58.9 Å². The van der Waals surface area contributed by atoms with Crippen LogP contribution in [-0.2, 0) is 9.53 Å². The zero-order chi connectivity index (χ0) is 18.2. The van der Waals surface area contributed by atoms with Gasteiger partial charge in [-0.15, -0.1) is 0 Å². The lowest BCUT2D eigenvalue weighted by Gasteiger charge is -2.10. The number of carbonyl (C=O) groups is 3. The van der Waals surface area contributed by atoms with Gasteiger partial charge in [-0.3, -0.25) is 20.4 Å². The summed E-state index contributed by atoms with van der Waals surface area (Å²) in [4.78, 5) is 39.2. The number of benzene rings is 1. The second kappa shape index (κ2) is 8.65. The van der Waals surface area contributed by atoms with Gasteiger partial charge in [0.15, 0.2) is 6.61 Å². The highest BCUT2D eigenvalue weighted by molar-refractivity contribution is 6.31. The van der Waals surface area contributed by atoms with E-state index in [9.17, 15) is 14.4 Å². The van der Waals surface area contributed by atoms with Gasteiger partial charge in [0.05, 0.1) is 12.7 Å². The van der Waals surface area contributed by atoms with Crippen LogP contribution in [0.5, 0.6) is 5.75 Å². The number of aromatic nitrogens is 1. The number of amides is 2. The Morgan fingerprint density at radius 1 is 1.16 bits per heavy atom. The third-order valence-electron chi connectivity index (χ3n) is 2.93. The quantitative estimate of drug-likeness (QED) is 0.613. The molecule has 1 aromatic carbocycles. The molecule has 0 aliphatic heterocycles. The average Bonchev–Trinajstić information content (AvgIpc) is 2.64. The van der Waals surface area contributed by atoms with Gasteiger partial charge < -0.3 is 9.47 Å². The van der Waals surface area contributed by atoms with E-state index in [1.165, 1.54) is 31.5 Å². The van der Waals surface area contributed by atoms with Gasteiger partial charge in [-0.25, -0.2) is 9.78 Å². The van der Waals surface area contributed by atoms with Crippen molar-refractivity contribution in [2.24, 2.45) is 0 Å². The predicted molar refractivity (Wildman–Crippen MR) is 88.1 cm³/mol. The minimum absolute atomic E-state index is 0.0722. The molecule has 0 fully saturated rings. The molecule has 0 bridgehead atoms. The van der Waals surface area contributed by atoms with Gasteiger partial charge in [0.1, 0.15) is 11.4 Å². The fraction of sp³-hybridized carbons (Fsp3) is 0.125. The van der Waals surface area contributed by atoms with E-state index in [-0.39, 0.29) is 17.0 Å². The van der Waals surface area contributed by atoms with Crippen molar-refractivity contribution in [3.8, 4) is 5.75 Å². The van der Waals surface area contributed by atoms with Crippen LogP contribution in [0.2, 0.25) is 5.02 Å². The van der Waals surface area contributed by atoms with Crippen molar-refractivity contribution in [1.82, 2.24) is 15.8 Å². The predicted octanol–water partition coefficient (Wildman–Crippen LogP) is 1.36. The van der Waals surface area contributed by atoms with Crippen LogP contribution in [0.3, 0.4) is 0 Å². The number of nitrogens with zero attached hydrogens (tertiary/aromatic N) is 1. The monoisotopic (exact) mass is 363 g/mol. The van der Waals surface area contributed by atoms with Gasteiger partial charge in [-0.1, -0.05) is 17.7 Å². The van der Waals surface area contributed by atoms with Crippen molar-refractivity contribution in [2.75, 3.05) is 13.7 Å². The number of nitrogens with one attached hydrogen (secondary N) is 2. The molecule has 0 aliphatic carbocycles. The lowest BCUT2D eigenvalue weighted by atomic mass is 10.2. The number of ether oxygens (including phenoxy) is 2. The van der Waals surface area contributed by atoms with Crippen LogP contribution in [0.4, 0.5) is 0 Å². The van der Waals surface area contributed by atoms with Gasteiger partial charge in [0.2, 0.25) is 0 Å². The number of rotatable bonds is 5. The van der Waals surface area contributed by atoms with Crippen LogP contribution in [0.15, 0.2) is 42.6 Å². The summed E-state index contributed by atoms with van der Waals surface area (Å²) in [5, 5.41) is 0.335. The van der Waals surface area contributed by atoms with Crippen molar-refractivity contribution in [2.45, 2.75) is 0 Å². The summed E-state index contributed by atoms with van der Waals surface area (Å²) in [6.45, 7) is -0.581. The number of hydrogen-bond acceptors (Lipinski definition) is 6.